The number of pyridine rings is 1. The highest BCUT2D eigenvalue weighted by molar-refractivity contribution is 6.06. The summed E-state index contributed by atoms with van der Waals surface area (Å²) in [5.74, 6) is 0.740. The molecule has 4 rings (SSSR count). The number of nitrogens with zero attached hydrogens (tertiary/aromatic N) is 2. The van der Waals surface area contributed by atoms with Gasteiger partial charge in [0, 0.05) is 24.3 Å². The monoisotopic (exact) mass is 402 g/mol. The number of benzene rings is 2. The van der Waals surface area contributed by atoms with Gasteiger partial charge in [0.1, 0.15) is 5.82 Å². The van der Waals surface area contributed by atoms with E-state index in [4.69, 9.17) is 10.5 Å². The molecule has 30 heavy (non-hydrogen) atoms. The largest absolute Gasteiger partial charge is 0.399 e. The Bertz CT molecular complexity index is 1030. The van der Waals surface area contributed by atoms with Gasteiger partial charge < -0.3 is 20.7 Å². The maximum atomic E-state index is 12.9. The molecule has 0 unspecified atom stereocenters. The van der Waals surface area contributed by atoms with E-state index in [0.717, 1.165) is 35.6 Å². The number of nitrogen functional groups attached to an aromatic ring is 1. The van der Waals surface area contributed by atoms with Crippen LogP contribution in [0.3, 0.4) is 0 Å². The van der Waals surface area contributed by atoms with Gasteiger partial charge in [-0.1, -0.05) is 24.3 Å². The first-order valence-corrected chi connectivity index (χ1v) is 10.1. The van der Waals surface area contributed by atoms with Crippen molar-refractivity contribution < 1.29 is 9.53 Å². The highest BCUT2D eigenvalue weighted by Gasteiger charge is 2.18. The predicted octanol–water partition coefficient (Wildman–Crippen LogP) is 4.12. The zero-order valence-electron chi connectivity index (χ0n) is 17.3. The Balaban J connectivity index is 1.50. The van der Waals surface area contributed by atoms with Crippen LogP contribution in [0.1, 0.15) is 22.8 Å². The second-order valence-electron chi connectivity index (χ2n) is 7.59. The van der Waals surface area contributed by atoms with Crippen molar-refractivity contribution in [3.8, 4) is 11.1 Å². The van der Waals surface area contributed by atoms with Gasteiger partial charge in [-0.25, -0.2) is 4.98 Å². The lowest BCUT2D eigenvalue weighted by Gasteiger charge is -2.32. The lowest BCUT2D eigenvalue weighted by molar-refractivity contribution is 0.0529. The number of nitrogens with two attached hydrogens (primary N) is 1. The molecule has 0 radical (unpaired) electrons. The van der Waals surface area contributed by atoms with Gasteiger partial charge in [-0.15, -0.1) is 0 Å². The number of carbonyl (C=O) groups excluding carboxylic acids is 1. The molecule has 0 spiro atoms. The number of nitrogens with one attached hydrogen (secondary N) is 1. The van der Waals surface area contributed by atoms with Crippen molar-refractivity contribution in [3.63, 3.8) is 0 Å². The van der Waals surface area contributed by atoms with Crippen LogP contribution >= 0.6 is 0 Å². The molecule has 0 aliphatic carbocycles. The van der Waals surface area contributed by atoms with E-state index < -0.39 is 0 Å². The Hall–Kier alpha value is -3.38. The summed E-state index contributed by atoms with van der Waals surface area (Å²) >= 11 is 0. The molecule has 1 atom stereocenters. The summed E-state index contributed by atoms with van der Waals surface area (Å²) in [7, 11) is 0. The Kier molecular flexibility index (Phi) is 5.68. The van der Waals surface area contributed by atoms with Crippen molar-refractivity contribution in [1.29, 1.82) is 0 Å². The Morgan fingerprint density at radius 1 is 1.17 bits per heavy atom. The highest BCUT2D eigenvalue weighted by Crippen LogP contribution is 2.27. The lowest BCUT2D eigenvalue weighted by atomic mass is 9.96. The van der Waals surface area contributed by atoms with Crippen LogP contribution in [-0.2, 0) is 4.74 Å². The molecule has 1 aromatic heterocycles. The fraction of sp³-hybridized carbons (Fsp3) is 0.250. The molecule has 1 fully saturated rings. The van der Waals surface area contributed by atoms with Gasteiger partial charge in [0.15, 0.2) is 0 Å². The van der Waals surface area contributed by atoms with Crippen LogP contribution < -0.4 is 16.0 Å². The number of ether oxygens (including phenoxy) is 1. The van der Waals surface area contributed by atoms with E-state index in [0.29, 0.717) is 23.5 Å². The van der Waals surface area contributed by atoms with E-state index in [1.165, 1.54) is 0 Å². The fourth-order valence-electron chi connectivity index (χ4n) is 3.73. The molecule has 1 amide bonds. The van der Waals surface area contributed by atoms with Gasteiger partial charge in [-0.2, -0.15) is 0 Å². The molecule has 2 heterocycles. The molecule has 6 heteroatoms. The van der Waals surface area contributed by atoms with Gasteiger partial charge in [-0.3, -0.25) is 4.79 Å². The quantitative estimate of drug-likeness (QED) is 0.642. The molecular formula is C24H26N4O2. The van der Waals surface area contributed by atoms with Crippen LogP contribution in [0.15, 0.2) is 60.8 Å². The Morgan fingerprint density at radius 3 is 2.67 bits per heavy atom. The summed E-state index contributed by atoms with van der Waals surface area (Å²) in [4.78, 5) is 19.6. The first kappa shape index (κ1) is 19.9. The summed E-state index contributed by atoms with van der Waals surface area (Å²) in [5, 5.41) is 2.96. The summed E-state index contributed by atoms with van der Waals surface area (Å²) < 4.78 is 5.58. The molecule has 1 aliphatic rings. The second kappa shape index (κ2) is 8.55. The number of amides is 1. The van der Waals surface area contributed by atoms with Crippen LogP contribution in [0.25, 0.3) is 11.1 Å². The smallest absolute Gasteiger partial charge is 0.255 e. The minimum atomic E-state index is -0.153. The van der Waals surface area contributed by atoms with Crippen molar-refractivity contribution in [2.24, 2.45) is 0 Å². The molecule has 154 valence electrons. The number of morpholine rings is 1. The van der Waals surface area contributed by atoms with Crippen LogP contribution in [0.2, 0.25) is 0 Å². The van der Waals surface area contributed by atoms with Crippen molar-refractivity contribution in [2.45, 2.75) is 20.0 Å². The summed E-state index contributed by atoms with van der Waals surface area (Å²) in [6.07, 6.45) is 1.89. The van der Waals surface area contributed by atoms with Crippen molar-refractivity contribution in [1.82, 2.24) is 4.98 Å². The van der Waals surface area contributed by atoms with Crippen LogP contribution in [0.5, 0.6) is 0 Å². The molecule has 0 saturated carbocycles. The average molecular weight is 402 g/mol. The molecule has 2 aromatic carbocycles. The van der Waals surface area contributed by atoms with E-state index in [1.807, 2.05) is 61.5 Å². The molecule has 6 nitrogen and oxygen atoms in total. The van der Waals surface area contributed by atoms with Gasteiger partial charge in [0.05, 0.1) is 24.6 Å². The Morgan fingerprint density at radius 2 is 1.97 bits per heavy atom. The van der Waals surface area contributed by atoms with Crippen molar-refractivity contribution >= 4 is 23.1 Å². The number of aromatic nitrogens is 1. The summed E-state index contributed by atoms with van der Waals surface area (Å²) in [6, 6.07) is 17.2. The number of carbonyl (C=O) groups is 1. The second-order valence-corrected chi connectivity index (χ2v) is 7.59. The first-order chi connectivity index (χ1) is 14.5. The third-order valence-corrected chi connectivity index (χ3v) is 5.37. The highest BCUT2D eigenvalue weighted by atomic mass is 16.5. The normalized spacial score (nSPS) is 16.3. The van der Waals surface area contributed by atoms with Crippen molar-refractivity contribution in [3.05, 3.63) is 71.9 Å². The van der Waals surface area contributed by atoms with E-state index in [9.17, 15) is 4.79 Å². The lowest BCUT2D eigenvalue weighted by Crippen LogP contribution is -2.41. The molecule has 3 N–H and O–H groups in total. The van der Waals surface area contributed by atoms with Crippen LogP contribution in [0.4, 0.5) is 17.2 Å². The van der Waals surface area contributed by atoms with Gasteiger partial charge in [0.2, 0.25) is 0 Å². The topological polar surface area (TPSA) is 80.5 Å². The minimum Gasteiger partial charge on any atom is -0.399 e. The summed E-state index contributed by atoms with van der Waals surface area (Å²) in [5.41, 5.74) is 10.8. The third kappa shape index (κ3) is 4.28. The Labute approximate surface area is 176 Å². The maximum Gasteiger partial charge on any atom is 0.255 e. The van der Waals surface area contributed by atoms with Crippen LogP contribution in [0, 0.1) is 6.92 Å². The van der Waals surface area contributed by atoms with Crippen molar-refractivity contribution in [2.75, 3.05) is 35.6 Å². The van der Waals surface area contributed by atoms with E-state index in [-0.39, 0.29) is 12.0 Å². The molecular weight excluding hydrogens is 376 g/mol. The number of hydrogen-bond acceptors (Lipinski definition) is 5. The molecule has 3 aromatic rings. The SMILES string of the molecule is Cc1c(C(=O)Nc2ccc(N3CCO[C@H](C)C3)nc2)cccc1-c1ccc(N)cc1. The maximum absolute atomic E-state index is 12.9. The molecule has 1 aliphatic heterocycles. The zero-order valence-corrected chi connectivity index (χ0v) is 17.3. The molecule has 1 saturated heterocycles. The number of rotatable bonds is 4. The summed E-state index contributed by atoms with van der Waals surface area (Å²) in [6.45, 7) is 6.35. The van der Waals surface area contributed by atoms with Crippen LogP contribution in [-0.4, -0.2) is 36.7 Å². The zero-order chi connectivity index (χ0) is 21.1. The van der Waals surface area contributed by atoms with E-state index in [1.54, 1.807) is 6.20 Å². The third-order valence-electron chi connectivity index (χ3n) is 5.37. The number of hydrogen-bond donors (Lipinski definition) is 2. The van der Waals surface area contributed by atoms with E-state index in [2.05, 4.69) is 22.1 Å². The van der Waals surface area contributed by atoms with Gasteiger partial charge in [0.25, 0.3) is 5.91 Å². The first-order valence-electron chi connectivity index (χ1n) is 10.1. The van der Waals surface area contributed by atoms with Gasteiger partial charge in [-0.05, 0) is 60.9 Å². The molecule has 0 bridgehead atoms. The van der Waals surface area contributed by atoms with E-state index >= 15 is 0 Å². The number of anilines is 3. The predicted molar refractivity (Wildman–Crippen MR) is 121 cm³/mol. The fourth-order valence-corrected chi connectivity index (χ4v) is 3.73. The average Bonchev–Trinajstić information content (AvgIpc) is 2.75. The standard InChI is InChI=1S/C24H26N4O2/c1-16-15-28(12-13-30-16)23-11-10-20(14-26-23)27-24(29)22-5-3-4-21(17(22)2)18-6-8-19(25)9-7-18/h3-11,14,16H,12-13,15,25H2,1-2H3,(H,27,29)/t16-/m1/s1. The van der Waals surface area contributed by atoms with Gasteiger partial charge >= 0.3 is 0 Å². The minimum absolute atomic E-state index is 0.153.